The van der Waals surface area contributed by atoms with Crippen molar-refractivity contribution in [2.45, 2.75) is 47.5 Å². The summed E-state index contributed by atoms with van der Waals surface area (Å²) in [6.07, 6.45) is 1.17. The number of methoxy groups -OCH3 is 1. The minimum Gasteiger partial charge on any atom is -0.512 e. The minimum atomic E-state index is -0.125. The van der Waals surface area contributed by atoms with Gasteiger partial charge in [-0.2, -0.15) is 0 Å². The van der Waals surface area contributed by atoms with Crippen molar-refractivity contribution in [1.29, 1.82) is 0 Å². The number of aryl methyl sites for hydroxylation is 2. The van der Waals surface area contributed by atoms with E-state index < -0.39 is 0 Å². The smallest absolute Gasteiger partial charge is 0.155 e. The van der Waals surface area contributed by atoms with Gasteiger partial charge in [-0.15, -0.1) is 34.9 Å². The quantitative estimate of drug-likeness (QED) is 0.213. The summed E-state index contributed by atoms with van der Waals surface area (Å²) < 4.78 is 5.34. The van der Waals surface area contributed by atoms with Gasteiger partial charge in [0.2, 0.25) is 0 Å². The number of hydrogen-bond donors (Lipinski definition) is 1. The van der Waals surface area contributed by atoms with Crippen LogP contribution < -0.4 is 4.74 Å². The fourth-order valence-electron chi connectivity index (χ4n) is 3.27. The molecule has 0 aliphatic carbocycles. The molecule has 0 fully saturated rings. The summed E-state index contributed by atoms with van der Waals surface area (Å²) in [4.78, 5) is 15.0. The zero-order valence-electron chi connectivity index (χ0n) is 19.2. The van der Waals surface area contributed by atoms with Crippen LogP contribution in [0.1, 0.15) is 50.3 Å². The maximum atomic E-state index is 10.0. The van der Waals surface area contributed by atoms with E-state index in [2.05, 4.69) is 52.0 Å². The average molecular weight is 597 g/mol. The van der Waals surface area contributed by atoms with Crippen LogP contribution in [0.3, 0.4) is 0 Å². The van der Waals surface area contributed by atoms with Crippen LogP contribution in [0.5, 0.6) is 5.75 Å². The van der Waals surface area contributed by atoms with E-state index in [-0.39, 0.29) is 31.6 Å². The number of carbonyl (C=O) groups excluding carboxylic acids is 1. The molecule has 0 bridgehead atoms. The Morgan fingerprint density at radius 3 is 2.29 bits per heavy atom. The zero-order chi connectivity index (χ0) is 22.4. The molecule has 5 heteroatoms. The molecule has 0 spiro atoms. The van der Waals surface area contributed by atoms with Gasteiger partial charge in [-0.05, 0) is 43.7 Å². The number of hydrogen-bond acceptors (Lipinski definition) is 4. The third-order valence-corrected chi connectivity index (χ3v) is 4.49. The van der Waals surface area contributed by atoms with E-state index in [9.17, 15) is 4.79 Å². The first-order chi connectivity index (χ1) is 14.1. The number of fused-ring (bicyclic) bond motifs is 1. The summed E-state index contributed by atoms with van der Waals surface area (Å²) in [5.74, 6) is 1.19. The standard InChI is InChI=1S/C21H22NO.C5H8O2.Ir/c1-13(2)19-12-16-11-18(23-5)6-7-20(16)22-21(19)17-9-14(3)8-15(4)10-17;1-4(6)3-5(2)7;/h6-9,11-13H,1-5H3;3,6H,1-2H3;/q-1;;/b;4-3-;. The molecule has 31 heavy (non-hydrogen) atoms. The number of aliphatic hydroxyl groups is 1. The molecule has 0 aliphatic rings. The molecule has 0 aliphatic heterocycles. The Bertz CT molecular complexity index is 1060. The molecule has 1 radical (unpaired) electrons. The summed E-state index contributed by atoms with van der Waals surface area (Å²) in [5, 5.41) is 9.48. The molecule has 0 amide bonds. The van der Waals surface area contributed by atoms with Crippen LogP contribution in [0.2, 0.25) is 0 Å². The first-order valence-corrected chi connectivity index (χ1v) is 9.98. The van der Waals surface area contributed by atoms with Crippen molar-refractivity contribution in [3.05, 3.63) is 71.0 Å². The first-order valence-electron chi connectivity index (χ1n) is 9.98. The van der Waals surface area contributed by atoms with E-state index in [1.807, 2.05) is 18.2 Å². The number of nitrogens with zero attached hydrogens (tertiary/aromatic N) is 1. The summed E-state index contributed by atoms with van der Waals surface area (Å²) in [5.41, 5.74) is 6.71. The van der Waals surface area contributed by atoms with Crippen LogP contribution in [0.25, 0.3) is 22.2 Å². The number of ketones is 1. The molecule has 3 aromatic rings. The molecule has 167 valence electrons. The monoisotopic (exact) mass is 597 g/mol. The Morgan fingerprint density at radius 2 is 1.81 bits per heavy atom. The molecule has 1 aromatic heterocycles. The molecule has 0 atom stereocenters. The molecule has 3 rings (SSSR count). The van der Waals surface area contributed by atoms with Crippen molar-refractivity contribution in [3.63, 3.8) is 0 Å². The van der Waals surface area contributed by atoms with E-state index >= 15 is 0 Å². The SMILES string of the molecule is CC(=O)/C=C(/C)O.COc1ccc2nc(-c3[c-]c(C)cc(C)c3)c(C(C)C)cc2c1.[Ir]. The second-order valence-corrected chi connectivity index (χ2v) is 7.79. The molecule has 0 saturated heterocycles. The van der Waals surface area contributed by atoms with Gasteiger partial charge in [0.15, 0.2) is 5.78 Å². The predicted molar refractivity (Wildman–Crippen MR) is 123 cm³/mol. The number of aromatic nitrogens is 1. The maximum absolute atomic E-state index is 10.0. The normalized spacial score (nSPS) is 10.9. The van der Waals surface area contributed by atoms with Crippen LogP contribution in [-0.2, 0) is 24.9 Å². The van der Waals surface area contributed by atoms with E-state index in [0.717, 1.165) is 33.5 Å². The first kappa shape index (κ1) is 26.5. The molecule has 2 aromatic carbocycles. The van der Waals surface area contributed by atoms with Crippen LogP contribution in [0.15, 0.2) is 48.2 Å². The number of aliphatic hydroxyl groups excluding tert-OH is 1. The summed E-state index contributed by atoms with van der Waals surface area (Å²) >= 11 is 0. The summed E-state index contributed by atoms with van der Waals surface area (Å²) in [6.45, 7) is 11.5. The fourth-order valence-corrected chi connectivity index (χ4v) is 3.27. The van der Waals surface area contributed by atoms with E-state index in [1.54, 1.807) is 7.11 Å². The van der Waals surface area contributed by atoms with Crippen molar-refractivity contribution in [2.24, 2.45) is 0 Å². The molecular weight excluding hydrogens is 567 g/mol. The summed E-state index contributed by atoms with van der Waals surface area (Å²) in [7, 11) is 1.69. The maximum Gasteiger partial charge on any atom is 0.155 e. The number of allylic oxidation sites excluding steroid dienone is 2. The number of pyridine rings is 1. The fraction of sp³-hybridized carbons (Fsp3) is 0.308. The van der Waals surface area contributed by atoms with Gasteiger partial charge in [0.05, 0.1) is 18.4 Å². The third-order valence-electron chi connectivity index (χ3n) is 4.49. The average Bonchev–Trinajstić information content (AvgIpc) is 2.65. The van der Waals surface area contributed by atoms with Gasteiger partial charge in [0.25, 0.3) is 0 Å². The van der Waals surface area contributed by atoms with Gasteiger partial charge in [-0.25, -0.2) is 0 Å². The Hall–Kier alpha value is -2.49. The van der Waals surface area contributed by atoms with Crippen molar-refractivity contribution in [3.8, 4) is 17.0 Å². The second-order valence-electron chi connectivity index (χ2n) is 7.79. The number of ether oxygens (including phenoxy) is 1. The van der Waals surface area contributed by atoms with Crippen LogP contribution >= 0.6 is 0 Å². The van der Waals surface area contributed by atoms with Gasteiger partial charge < -0.3 is 9.84 Å². The van der Waals surface area contributed by atoms with Crippen molar-refractivity contribution < 1.29 is 34.7 Å². The van der Waals surface area contributed by atoms with Gasteiger partial charge >= 0.3 is 0 Å². The topological polar surface area (TPSA) is 59.4 Å². The molecule has 0 saturated carbocycles. The molecule has 1 heterocycles. The van der Waals surface area contributed by atoms with Crippen molar-refractivity contribution in [2.75, 3.05) is 7.11 Å². The number of benzene rings is 2. The van der Waals surface area contributed by atoms with Crippen LogP contribution in [-0.4, -0.2) is 23.0 Å². The van der Waals surface area contributed by atoms with Gasteiger partial charge in [0.1, 0.15) is 5.75 Å². The van der Waals surface area contributed by atoms with E-state index in [4.69, 9.17) is 14.8 Å². The Balaban J connectivity index is 0.000000523. The van der Waals surface area contributed by atoms with Gasteiger partial charge in [-0.3, -0.25) is 9.78 Å². The molecule has 0 unspecified atom stereocenters. The second kappa shape index (κ2) is 11.8. The number of rotatable bonds is 4. The van der Waals surface area contributed by atoms with Gasteiger partial charge in [-0.1, -0.05) is 39.3 Å². The Kier molecular flexibility index (Phi) is 10.1. The largest absolute Gasteiger partial charge is 0.512 e. The van der Waals surface area contributed by atoms with E-state index in [0.29, 0.717) is 5.92 Å². The zero-order valence-corrected chi connectivity index (χ0v) is 21.6. The van der Waals surface area contributed by atoms with Gasteiger partial charge in [0, 0.05) is 31.6 Å². The third kappa shape index (κ3) is 7.61. The Labute approximate surface area is 198 Å². The van der Waals surface area contributed by atoms with Crippen LogP contribution in [0, 0.1) is 19.9 Å². The summed E-state index contributed by atoms with van der Waals surface area (Å²) in [6, 6.07) is 16.0. The molecule has 4 nitrogen and oxygen atoms in total. The number of carbonyl (C=O) groups is 1. The van der Waals surface area contributed by atoms with Crippen molar-refractivity contribution >= 4 is 16.7 Å². The molecule has 1 N–H and O–H groups in total. The van der Waals surface area contributed by atoms with E-state index in [1.165, 1.54) is 31.1 Å². The molecular formula is C26H30IrNO3-. The predicted octanol–water partition coefficient (Wildman–Crippen LogP) is 6.49. The minimum absolute atomic E-state index is 0. The Morgan fingerprint density at radius 1 is 1.13 bits per heavy atom. The van der Waals surface area contributed by atoms with Crippen molar-refractivity contribution in [1.82, 2.24) is 4.98 Å². The van der Waals surface area contributed by atoms with Crippen LogP contribution in [0.4, 0.5) is 0 Å².